The summed E-state index contributed by atoms with van der Waals surface area (Å²) < 4.78 is 5.20. The van der Waals surface area contributed by atoms with E-state index in [-0.39, 0.29) is 12.5 Å². The average molecular weight is 406 g/mol. The van der Waals surface area contributed by atoms with Crippen LogP contribution in [0.5, 0.6) is 0 Å². The second-order valence-electron chi connectivity index (χ2n) is 7.02. The number of carbonyl (C=O) groups excluding carboxylic acids is 2. The number of amides is 2. The largest absolute Gasteiger partial charge is 0.444 e. The van der Waals surface area contributed by atoms with E-state index in [9.17, 15) is 9.59 Å². The fourth-order valence-corrected chi connectivity index (χ4v) is 1.99. The fraction of sp³-hybridized carbons (Fsp3) is 0.619. The topological polar surface area (TPSA) is 96.5 Å². The van der Waals surface area contributed by atoms with E-state index < -0.39 is 11.7 Å². The van der Waals surface area contributed by atoms with Gasteiger partial charge in [0.15, 0.2) is 0 Å². The van der Waals surface area contributed by atoms with Crippen LogP contribution < -0.4 is 10.6 Å². The van der Waals surface area contributed by atoms with Crippen LogP contribution in [0.2, 0.25) is 0 Å². The van der Waals surface area contributed by atoms with Crippen LogP contribution >= 0.6 is 0 Å². The lowest BCUT2D eigenvalue weighted by Crippen LogP contribution is -2.41. The number of aromatic nitrogens is 2. The van der Waals surface area contributed by atoms with Crippen molar-refractivity contribution in [3.05, 3.63) is 17.6 Å². The molecule has 0 saturated heterocycles. The predicted octanol–water partition coefficient (Wildman–Crippen LogP) is 2.97. The number of ether oxygens (including phenoxy) is 1. The Morgan fingerprint density at radius 2 is 1.93 bits per heavy atom. The Morgan fingerprint density at radius 1 is 1.28 bits per heavy atom. The van der Waals surface area contributed by atoms with Gasteiger partial charge in [-0.2, -0.15) is 0 Å². The maximum Gasteiger partial charge on any atom is 0.410 e. The lowest BCUT2D eigenvalue weighted by Gasteiger charge is -2.24. The summed E-state index contributed by atoms with van der Waals surface area (Å²) in [5.74, 6) is 7.23. The number of likely N-dealkylation sites (N-methyl/N-ethyl adjacent to an activating group) is 1. The van der Waals surface area contributed by atoms with E-state index in [1.54, 1.807) is 34.0 Å². The van der Waals surface area contributed by atoms with Crippen molar-refractivity contribution in [1.82, 2.24) is 20.2 Å². The molecule has 0 aliphatic rings. The number of hydrogen-bond acceptors (Lipinski definition) is 6. The first-order valence-electron chi connectivity index (χ1n) is 9.83. The summed E-state index contributed by atoms with van der Waals surface area (Å²) in [7, 11) is 3.32. The van der Waals surface area contributed by atoms with Crippen molar-refractivity contribution in [1.29, 1.82) is 0 Å². The highest BCUT2D eigenvalue weighted by atomic mass is 16.6. The average Bonchev–Trinajstić information content (AvgIpc) is 2.65. The summed E-state index contributed by atoms with van der Waals surface area (Å²) in [6.07, 6.45) is 2.50. The summed E-state index contributed by atoms with van der Waals surface area (Å²) in [6.45, 7) is 11.6. The molecule has 1 aromatic rings. The maximum atomic E-state index is 11.9. The van der Waals surface area contributed by atoms with Gasteiger partial charge in [-0.25, -0.2) is 14.8 Å². The molecule has 1 aromatic heterocycles. The van der Waals surface area contributed by atoms with Crippen LogP contribution in [0.15, 0.2) is 6.20 Å². The predicted molar refractivity (Wildman–Crippen MR) is 116 cm³/mol. The molecule has 0 saturated carbocycles. The molecule has 0 spiro atoms. The first-order valence-corrected chi connectivity index (χ1v) is 9.83. The van der Waals surface area contributed by atoms with Crippen molar-refractivity contribution in [2.75, 3.05) is 32.5 Å². The highest BCUT2D eigenvalue weighted by Gasteiger charge is 2.20. The molecular formula is C21H35N5O3. The van der Waals surface area contributed by atoms with Crippen molar-refractivity contribution >= 4 is 17.8 Å². The molecule has 0 fully saturated rings. The quantitative estimate of drug-likeness (QED) is 0.558. The zero-order valence-electron chi connectivity index (χ0n) is 19.0. The van der Waals surface area contributed by atoms with Gasteiger partial charge in [0.05, 0.1) is 5.56 Å². The summed E-state index contributed by atoms with van der Waals surface area (Å²) >= 11 is 0. The Morgan fingerprint density at radius 3 is 2.52 bits per heavy atom. The molecule has 0 atom stereocenters. The second-order valence-corrected chi connectivity index (χ2v) is 7.02. The van der Waals surface area contributed by atoms with Crippen LogP contribution in [0.25, 0.3) is 0 Å². The first-order chi connectivity index (χ1) is 13.6. The van der Waals surface area contributed by atoms with Gasteiger partial charge in [0, 0.05) is 33.3 Å². The van der Waals surface area contributed by atoms with E-state index in [2.05, 4.69) is 32.4 Å². The van der Waals surface area contributed by atoms with Crippen LogP contribution in [-0.2, 0) is 9.53 Å². The Bertz CT molecular complexity index is 717. The zero-order valence-corrected chi connectivity index (χ0v) is 19.0. The lowest BCUT2D eigenvalue weighted by molar-refractivity contribution is -0.122. The number of anilines is 1. The number of nitrogens with zero attached hydrogens (tertiary/aromatic N) is 3. The first kappa shape index (κ1) is 26.2. The standard InChI is InChI=1S/C19H29N5O3.C2H6/c1-14-22-12-15(17(20-5)23-14)10-8-7-9-11-21-16(25)13-24(6)18(26)27-19(2,3)4;1-2/h12H,7,9,11,13H2,1-6H3,(H,21,25)(H,20,22,23);1-2H3. The van der Waals surface area contributed by atoms with Gasteiger partial charge in [0.1, 0.15) is 23.8 Å². The molecule has 0 aliphatic carbocycles. The fourth-order valence-electron chi connectivity index (χ4n) is 1.99. The van der Waals surface area contributed by atoms with Crippen molar-refractivity contribution in [2.24, 2.45) is 0 Å². The molecule has 0 radical (unpaired) electrons. The minimum Gasteiger partial charge on any atom is -0.444 e. The number of carbonyl (C=O) groups is 2. The molecular weight excluding hydrogens is 370 g/mol. The monoisotopic (exact) mass is 405 g/mol. The van der Waals surface area contributed by atoms with E-state index >= 15 is 0 Å². The minimum atomic E-state index is -0.587. The summed E-state index contributed by atoms with van der Waals surface area (Å²) in [5, 5.41) is 5.76. The van der Waals surface area contributed by atoms with E-state index in [1.165, 1.54) is 11.9 Å². The molecule has 29 heavy (non-hydrogen) atoms. The molecule has 1 rings (SSSR count). The van der Waals surface area contributed by atoms with Gasteiger partial charge in [-0.3, -0.25) is 4.79 Å². The van der Waals surface area contributed by atoms with Crippen molar-refractivity contribution in [3.63, 3.8) is 0 Å². The summed E-state index contributed by atoms with van der Waals surface area (Å²) in [4.78, 5) is 33.3. The Hall–Kier alpha value is -2.82. The van der Waals surface area contributed by atoms with Crippen molar-refractivity contribution in [3.8, 4) is 11.8 Å². The third kappa shape index (κ3) is 11.6. The number of hydrogen-bond donors (Lipinski definition) is 2. The molecule has 0 aromatic carbocycles. The molecule has 0 aliphatic heterocycles. The molecule has 1 heterocycles. The molecule has 2 N–H and O–H groups in total. The number of aryl methyl sites for hydroxylation is 1. The zero-order chi connectivity index (χ0) is 22.4. The van der Waals surface area contributed by atoms with Gasteiger partial charge < -0.3 is 20.3 Å². The number of rotatable bonds is 6. The van der Waals surface area contributed by atoms with Crippen LogP contribution in [0.3, 0.4) is 0 Å². The summed E-state index contributed by atoms with van der Waals surface area (Å²) in [5.41, 5.74) is 0.155. The molecule has 2 amide bonds. The molecule has 8 heteroatoms. The smallest absolute Gasteiger partial charge is 0.410 e. The number of nitrogens with one attached hydrogen (secondary N) is 2. The molecule has 8 nitrogen and oxygen atoms in total. The number of unbranched alkanes of at least 4 members (excludes halogenated alkanes) is 1. The van der Waals surface area contributed by atoms with Gasteiger partial charge in [-0.15, -0.1) is 0 Å². The van der Waals surface area contributed by atoms with Gasteiger partial charge in [0.25, 0.3) is 0 Å². The lowest BCUT2D eigenvalue weighted by atomic mass is 10.2. The SMILES string of the molecule is CC.CNc1nc(C)ncc1C#CCCCNC(=O)CN(C)C(=O)OC(C)(C)C. The second kappa shape index (κ2) is 13.4. The van der Waals surface area contributed by atoms with Crippen LogP contribution in [0, 0.1) is 18.8 Å². The Balaban J connectivity index is 0.00000379. The van der Waals surface area contributed by atoms with Gasteiger partial charge in [0.2, 0.25) is 5.91 Å². The van der Waals surface area contributed by atoms with Gasteiger partial charge >= 0.3 is 6.09 Å². The molecule has 162 valence electrons. The maximum absolute atomic E-state index is 11.9. The van der Waals surface area contributed by atoms with Crippen LogP contribution in [0.4, 0.5) is 10.6 Å². The summed E-state index contributed by atoms with van der Waals surface area (Å²) in [6, 6.07) is 0. The van der Waals surface area contributed by atoms with E-state index in [4.69, 9.17) is 4.74 Å². The minimum absolute atomic E-state index is 0.0488. The molecule has 0 bridgehead atoms. The van der Waals surface area contributed by atoms with E-state index in [0.717, 1.165) is 5.56 Å². The van der Waals surface area contributed by atoms with Crippen LogP contribution in [-0.4, -0.2) is 59.7 Å². The Labute approximate surface area is 174 Å². The van der Waals surface area contributed by atoms with E-state index in [0.29, 0.717) is 31.0 Å². The molecule has 0 unspecified atom stereocenters. The highest BCUT2D eigenvalue weighted by molar-refractivity contribution is 5.82. The van der Waals surface area contributed by atoms with Crippen molar-refractivity contribution in [2.45, 2.75) is 60.0 Å². The Kier molecular flexibility index (Phi) is 12.1. The van der Waals surface area contributed by atoms with Gasteiger partial charge in [-0.05, 0) is 34.1 Å². The third-order valence-electron chi connectivity index (χ3n) is 3.26. The van der Waals surface area contributed by atoms with Gasteiger partial charge in [-0.1, -0.05) is 25.7 Å². The van der Waals surface area contributed by atoms with Crippen LogP contribution in [0.1, 0.15) is 58.8 Å². The normalized spacial score (nSPS) is 9.93. The van der Waals surface area contributed by atoms with Crippen molar-refractivity contribution < 1.29 is 14.3 Å². The van der Waals surface area contributed by atoms with E-state index in [1.807, 2.05) is 20.8 Å². The third-order valence-corrected chi connectivity index (χ3v) is 3.26. The highest BCUT2D eigenvalue weighted by Crippen LogP contribution is 2.09.